The summed E-state index contributed by atoms with van der Waals surface area (Å²) in [4.78, 5) is 16.6. The van der Waals surface area contributed by atoms with Crippen LogP contribution < -0.4 is 10.1 Å². The molecule has 0 saturated carbocycles. The molecule has 1 N–H and O–H groups in total. The number of nitrogens with zero attached hydrogens (tertiary/aromatic N) is 1. The fraction of sp³-hybridized carbons (Fsp3) is 0.176. The van der Waals surface area contributed by atoms with Gasteiger partial charge in [0, 0.05) is 11.8 Å². The summed E-state index contributed by atoms with van der Waals surface area (Å²) in [6.07, 6.45) is -3.37. The number of sulfone groups is 1. The Labute approximate surface area is 161 Å². The van der Waals surface area contributed by atoms with Gasteiger partial charge in [0.05, 0.1) is 15.1 Å². The predicted molar refractivity (Wildman–Crippen MR) is 98.7 cm³/mol. The summed E-state index contributed by atoms with van der Waals surface area (Å²) in [6.45, 7) is -1.40. The van der Waals surface area contributed by atoms with Crippen molar-refractivity contribution in [3.63, 3.8) is 0 Å². The Balaban J connectivity index is 1.74. The first-order chi connectivity index (χ1) is 13.0. The number of thiazole rings is 1. The SMILES string of the molecule is CS(=O)(=O)c1ccc(C(=O)Nc2nc3ccc(OCC(F)(F)F)cc3s2)cc1. The number of alkyl halides is 3. The van der Waals surface area contributed by atoms with Crippen molar-refractivity contribution in [1.29, 1.82) is 0 Å². The molecule has 2 aromatic carbocycles. The number of hydrogen-bond acceptors (Lipinski definition) is 6. The summed E-state index contributed by atoms with van der Waals surface area (Å²) in [5, 5.41) is 2.83. The Morgan fingerprint density at radius 2 is 1.86 bits per heavy atom. The summed E-state index contributed by atoms with van der Waals surface area (Å²) >= 11 is 1.08. The maximum absolute atomic E-state index is 12.3. The Morgan fingerprint density at radius 1 is 1.18 bits per heavy atom. The Bertz CT molecular complexity index is 1120. The molecule has 0 aliphatic carbocycles. The molecule has 3 rings (SSSR count). The van der Waals surface area contributed by atoms with Crippen molar-refractivity contribution in [2.45, 2.75) is 11.1 Å². The molecule has 148 valence electrons. The minimum atomic E-state index is -4.44. The normalized spacial score (nSPS) is 12.1. The first-order valence-electron chi connectivity index (χ1n) is 7.73. The molecule has 28 heavy (non-hydrogen) atoms. The summed E-state index contributed by atoms with van der Waals surface area (Å²) in [5.41, 5.74) is 0.730. The van der Waals surface area contributed by atoms with E-state index in [4.69, 9.17) is 4.74 Å². The summed E-state index contributed by atoms with van der Waals surface area (Å²) in [6, 6.07) is 9.68. The van der Waals surface area contributed by atoms with Gasteiger partial charge >= 0.3 is 6.18 Å². The number of nitrogens with one attached hydrogen (secondary N) is 1. The van der Waals surface area contributed by atoms with Crippen molar-refractivity contribution in [3.05, 3.63) is 48.0 Å². The first-order valence-corrected chi connectivity index (χ1v) is 10.4. The van der Waals surface area contributed by atoms with E-state index in [1.807, 2.05) is 0 Å². The molecular weight excluding hydrogens is 417 g/mol. The van der Waals surface area contributed by atoms with E-state index in [-0.39, 0.29) is 21.3 Å². The average Bonchev–Trinajstić information content (AvgIpc) is 3.00. The summed E-state index contributed by atoms with van der Waals surface area (Å²) in [5.74, 6) is -0.449. The number of halogens is 3. The number of rotatable bonds is 5. The molecule has 0 fully saturated rings. The highest BCUT2D eigenvalue weighted by atomic mass is 32.2. The van der Waals surface area contributed by atoms with Gasteiger partial charge < -0.3 is 4.74 Å². The second-order valence-corrected chi connectivity index (χ2v) is 8.85. The van der Waals surface area contributed by atoms with E-state index in [9.17, 15) is 26.4 Å². The molecule has 1 amide bonds. The highest BCUT2D eigenvalue weighted by Crippen LogP contribution is 2.30. The van der Waals surface area contributed by atoms with Crippen molar-refractivity contribution < 1.29 is 31.1 Å². The quantitative estimate of drug-likeness (QED) is 0.664. The van der Waals surface area contributed by atoms with E-state index in [0.29, 0.717) is 10.2 Å². The Morgan fingerprint density at radius 3 is 2.46 bits per heavy atom. The molecule has 11 heteroatoms. The molecule has 0 radical (unpaired) electrons. The molecule has 1 aromatic heterocycles. The molecule has 0 aliphatic heterocycles. The van der Waals surface area contributed by atoms with E-state index >= 15 is 0 Å². The lowest BCUT2D eigenvalue weighted by atomic mass is 10.2. The molecule has 0 atom stereocenters. The Hall–Kier alpha value is -2.66. The minimum Gasteiger partial charge on any atom is -0.484 e. The molecule has 3 aromatic rings. The van der Waals surface area contributed by atoms with Crippen LogP contribution in [0, 0.1) is 0 Å². The summed E-state index contributed by atoms with van der Waals surface area (Å²) < 4.78 is 64.9. The van der Waals surface area contributed by atoms with Crippen LogP contribution in [-0.2, 0) is 9.84 Å². The van der Waals surface area contributed by atoms with Gasteiger partial charge in [-0.3, -0.25) is 10.1 Å². The molecule has 0 spiro atoms. The molecular formula is C17H13F3N2O4S2. The van der Waals surface area contributed by atoms with Crippen molar-refractivity contribution in [2.75, 3.05) is 18.2 Å². The lowest BCUT2D eigenvalue weighted by Crippen LogP contribution is -2.19. The first kappa shape index (κ1) is 20.1. The van der Waals surface area contributed by atoms with Crippen LogP contribution in [0.25, 0.3) is 10.2 Å². The van der Waals surface area contributed by atoms with Gasteiger partial charge in [-0.05, 0) is 42.5 Å². The third kappa shape index (κ3) is 4.98. The van der Waals surface area contributed by atoms with Crippen molar-refractivity contribution >= 4 is 42.4 Å². The van der Waals surface area contributed by atoms with Crippen LogP contribution in [0.4, 0.5) is 18.3 Å². The van der Waals surface area contributed by atoms with E-state index in [2.05, 4.69) is 10.3 Å². The molecule has 6 nitrogen and oxygen atoms in total. The molecule has 0 unspecified atom stereocenters. The second-order valence-electron chi connectivity index (χ2n) is 5.80. The van der Waals surface area contributed by atoms with Crippen LogP contribution in [0.5, 0.6) is 5.75 Å². The number of carbonyl (C=O) groups excluding carboxylic acids is 1. The molecule has 0 bridgehead atoms. The predicted octanol–water partition coefficient (Wildman–Crippen LogP) is 3.89. The zero-order valence-corrected chi connectivity index (χ0v) is 15.9. The van der Waals surface area contributed by atoms with Crippen LogP contribution in [-0.4, -0.2) is 38.3 Å². The van der Waals surface area contributed by atoms with Gasteiger partial charge in [-0.15, -0.1) is 0 Å². The number of aromatic nitrogens is 1. The van der Waals surface area contributed by atoms with Crippen LogP contribution in [0.15, 0.2) is 47.4 Å². The van der Waals surface area contributed by atoms with Crippen molar-refractivity contribution in [3.8, 4) is 5.75 Å². The maximum atomic E-state index is 12.3. The van der Waals surface area contributed by atoms with Crippen LogP contribution >= 0.6 is 11.3 Å². The van der Waals surface area contributed by atoms with Gasteiger partial charge in [-0.1, -0.05) is 11.3 Å². The van der Waals surface area contributed by atoms with Crippen molar-refractivity contribution in [2.24, 2.45) is 0 Å². The number of anilines is 1. The lowest BCUT2D eigenvalue weighted by molar-refractivity contribution is -0.153. The molecule has 0 aliphatic rings. The van der Waals surface area contributed by atoms with E-state index in [1.165, 1.54) is 42.5 Å². The maximum Gasteiger partial charge on any atom is 0.422 e. The van der Waals surface area contributed by atoms with Gasteiger partial charge in [0.2, 0.25) is 0 Å². The van der Waals surface area contributed by atoms with Crippen LogP contribution in [0.1, 0.15) is 10.4 Å². The van der Waals surface area contributed by atoms with E-state index in [1.54, 1.807) is 0 Å². The summed E-state index contributed by atoms with van der Waals surface area (Å²) in [7, 11) is -3.36. The highest BCUT2D eigenvalue weighted by Gasteiger charge is 2.28. The van der Waals surface area contributed by atoms with E-state index in [0.717, 1.165) is 17.6 Å². The molecule has 1 heterocycles. The number of hydrogen-bond donors (Lipinski definition) is 1. The smallest absolute Gasteiger partial charge is 0.422 e. The van der Waals surface area contributed by atoms with Gasteiger partial charge in [0.1, 0.15) is 5.75 Å². The largest absolute Gasteiger partial charge is 0.484 e. The Kier molecular flexibility index (Phi) is 5.31. The third-order valence-corrected chi connectivity index (χ3v) is 5.59. The highest BCUT2D eigenvalue weighted by molar-refractivity contribution is 7.90. The van der Waals surface area contributed by atoms with Crippen LogP contribution in [0.2, 0.25) is 0 Å². The molecule has 0 saturated heterocycles. The van der Waals surface area contributed by atoms with Gasteiger partial charge in [0.15, 0.2) is 21.6 Å². The average molecular weight is 430 g/mol. The zero-order valence-electron chi connectivity index (χ0n) is 14.3. The standard InChI is InChI=1S/C17H13F3N2O4S2/c1-28(24,25)12-5-2-10(3-6-12)15(23)22-16-21-13-7-4-11(8-14(13)27-16)26-9-17(18,19)20/h2-8H,9H2,1H3,(H,21,22,23). The van der Waals surface area contributed by atoms with Gasteiger partial charge in [-0.2, -0.15) is 13.2 Å². The second kappa shape index (κ2) is 7.40. The van der Waals surface area contributed by atoms with E-state index < -0.39 is 28.5 Å². The van der Waals surface area contributed by atoms with Gasteiger partial charge in [0.25, 0.3) is 5.91 Å². The minimum absolute atomic E-state index is 0.0442. The monoisotopic (exact) mass is 430 g/mol. The topological polar surface area (TPSA) is 85.4 Å². The fourth-order valence-electron chi connectivity index (χ4n) is 2.24. The number of fused-ring (bicyclic) bond motifs is 1. The lowest BCUT2D eigenvalue weighted by Gasteiger charge is -2.08. The zero-order chi connectivity index (χ0) is 20.5. The third-order valence-electron chi connectivity index (χ3n) is 3.53. The van der Waals surface area contributed by atoms with Crippen LogP contribution in [0.3, 0.4) is 0 Å². The number of amides is 1. The van der Waals surface area contributed by atoms with Gasteiger partial charge in [-0.25, -0.2) is 13.4 Å². The number of ether oxygens (including phenoxy) is 1. The fourth-order valence-corrected chi connectivity index (χ4v) is 3.76. The number of benzene rings is 2. The number of carbonyl (C=O) groups is 1. The van der Waals surface area contributed by atoms with Crippen molar-refractivity contribution in [1.82, 2.24) is 4.98 Å².